The molecular formula is C9H14F5NO2. The Morgan fingerprint density at radius 3 is 2.06 bits per heavy atom. The van der Waals surface area contributed by atoms with Crippen LogP contribution in [0.15, 0.2) is 0 Å². The lowest BCUT2D eigenvalue weighted by molar-refractivity contribution is -0.274. The van der Waals surface area contributed by atoms with Crippen LogP contribution in [-0.2, 0) is 4.79 Å². The molecule has 0 saturated carbocycles. The van der Waals surface area contributed by atoms with E-state index in [9.17, 15) is 26.7 Å². The summed E-state index contributed by atoms with van der Waals surface area (Å²) in [5, 5.41) is 8.43. The van der Waals surface area contributed by atoms with Crippen LogP contribution in [0.4, 0.5) is 22.0 Å². The molecule has 102 valence electrons. The maximum Gasteiger partial charge on any atom is 0.463 e. The molecule has 0 aliphatic carbocycles. The lowest BCUT2D eigenvalue weighted by Gasteiger charge is -2.24. The number of rotatable bonds is 6. The Balaban J connectivity index is 4.30. The fourth-order valence-electron chi connectivity index (χ4n) is 1.10. The zero-order chi connectivity index (χ0) is 13.7. The molecule has 1 amide bonds. The third-order valence-corrected chi connectivity index (χ3v) is 2.12. The molecule has 0 atom stereocenters. The Morgan fingerprint density at radius 2 is 1.65 bits per heavy atom. The van der Waals surface area contributed by atoms with Gasteiger partial charge in [0.15, 0.2) is 0 Å². The summed E-state index contributed by atoms with van der Waals surface area (Å²) in [4.78, 5) is 11.2. The molecule has 0 bridgehead atoms. The molecule has 0 rings (SSSR count). The Labute approximate surface area is 95.2 Å². The summed E-state index contributed by atoms with van der Waals surface area (Å²) in [6.45, 7) is -0.291. The molecule has 0 fully saturated rings. The van der Waals surface area contributed by atoms with Gasteiger partial charge in [0.2, 0.25) is 0 Å². The van der Waals surface area contributed by atoms with Crippen LogP contribution in [0.5, 0.6) is 0 Å². The minimum atomic E-state index is -5.87. The van der Waals surface area contributed by atoms with Crippen molar-refractivity contribution in [1.82, 2.24) is 4.90 Å². The number of aliphatic hydroxyl groups is 1. The first-order valence-corrected chi connectivity index (χ1v) is 4.95. The van der Waals surface area contributed by atoms with Gasteiger partial charge in [0.25, 0.3) is 0 Å². The quantitative estimate of drug-likeness (QED) is 0.586. The second-order valence-corrected chi connectivity index (χ2v) is 3.58. The van der Waals surface area contributed by atoms with Crippen LogP contribution in [0.2, 0.25) is 0 Å². The first-order chi connectivity index (χ1) is 7.64. The van der Waals surface area contributed by atoms with Crippen molar-refractivity contribution in [1.29, 1.82) is 0 Å². The molecule has 0 aromatic rings. The molecule has 17 heavy (non-hydrogen) atoms. The van der Waals surface area contributed by atoms with Gasteiger partial charge in [-0.1, -0.05) is 0 Å². The molecule has 0 radical (unpaired) electrons. The monoisotopic (exact) mass is 263 g/mol. The first-order valence-electron chi connectivity index (χ1n) is 4.95. The zero-order valence-corrected chi connectivity index (χ0v) is 9.23. The SMILES string of the molecule is CN(CCCCCO)C(=O)C(F)(F)C(F)(F)F. The number of nitrogens with zero attached hydrogens (tertiary/aromatic N) is 1. The largest absolute Gasteiger partial charge is 0.463 e. The lowest BCUT2D eigenvalue weighted by atomic mass is 10.2. The highest BCUT2D eigenvalue weighted by Crippen LogP contribution is 2.36. The van der Waals surface area contributed by atoms with E-state index < -0.39 is 18.0 Å². The summed E-state index contributed by atoms with van der Waals surface area (Å²) < 4.78 is 60.8. The maximum absolute atomic E-state index is 12.6. The van der Waals surface area contributed by atoms with Crippen molar-refractivity contribution < 1.29 is 31.9 Å². The number of hydrogen-bond acceptors (Lipinski definition) is 2. The topological polar surface area (TPSA) is 40.5 Å². The second-order valence-electron chi connectivity index (χ2n) is 3.58. The number of halogens is 5. The van der Waals surface area contributed by atoms with Gasteiger partial charge in [0, 0.05) is 20.2 Å². The molecule has 0 aliphatic heterocycles. The van der Waals surface area contributed by atoms with E-state index in [1.165, 1.54) is 0 Å². The molecule has 0 aliphatic rings. The van der Waals surface area contributed by atoms with E-state index >= 15 is 0 Å². The van der Waals surface area contributed by atoms with Crippen molar-refractivity contribution in [3.05, 3.63) is 0 Å². The predicted octanol–water partition coefficient (Wildman–Crippen LogP) is 1.80. The molecule has 3 nitrogen and oxygen atoms in total. The number of carbonyl (C=O) groups excluding carboxylic acids is 1. The van der Waals surface area contributed by atoms with Crippen LogP contribution >= 0.6 is 0 Å². The van der Waals surface area contributed by atoms with Crippen LogP contribution in [0.1, 0.15) is 19.3 Å². The van der Waals surface area contributed by atoms with Crippen molar-refractivity contribution in [3.63, 3.8) is 0 Å². The number of aliphatic hydroxyl groups excluding tert-OH is 1. The van der Waals surface area contributed by atoms with Crippen LogP contribution in [0.25, 0.3) is 0 Å². The van der Waals surface area contributed by atoms with Crippen molar-refractivity contribution in [2.24, 2.45) is 0 Å². The predicted molar refractivity (Wildman–Crippen MR) is 49.6 cm³/mol. The van der Waals surface area contributed by atoms with E-state index in [1.54, 1.807) is 0 Å². The summed E-state index contributed by atoms with van der Waals surface area (Å²) in [5.74, 6) is -7.60. The van der Waals surface area contributed by atoms with Gasteiger partial charge in [0.05, 0.1) is 0 Å². The molecular weight excluding hydrogens is 249 g/mol. The van der Waals surface area contributed by atoms with Crippen LogP contribution in [0.3, 0.4) is 0 Å². The third-order valence-electron chi connectivity index (χ3n) is 2.12. The first kappa shape index (κ1) is 16.1. The normalized spacial score (nSPS) is 12.6. The molecule has 0 unspecified atom stereocenters. The summed E-state index contributed by atoms with van der Waals surface area (Å²) >= 11 is 0. The van der Waals surface area contributed by atoms with Crippen LogP contribution in [0, 0.1) is 0 Å². The van der Waals surface area contributed by atoms with Gasteiger partial charge in [-0.15, -0.1) is 0 Å². The molecule has 1 N–H and O–H groups in total. The van der Waals surface area contributed by atoms with Gasteiger partial charge in [-0.2, -0.15) is 22.0 Å². The fourth-order valence-corrected chi connectivity index (χ4v) is 1.10. The highest BCUT2D eigenvalue weighted by molar-refractivity contribution is 5.84. The highest BCUT2D eigenvalue weighted by Gasteiger charge is 2.64. The molecule has 0 spiro atoms. The minimum absolute atomic E-state index is 0.0869. The lowest BCUT2D eigenvalue weighted by Crippen LogP contribution is -2.51. The van der Waals surface area contributed by atoms with E-state index in [0.717, 1.165) is 7.05 Å². The Kier molecular flexibility index (Phi) is 5.80. The maximum atomic E-state index is 12.6. The van der Waals surface area contributed by atoms with Gasteiger partial charge >= 0.3 is 18.0 Å². The molecule has 0 heterocycles. The zero-order valence-electron chi connectivity index (χ0n) is 9.23. The Morgan fingerprint density at radius 1 is 1.12 bits per heavy atom. The van der Waals surface area contributed by atoms with Gasteiger partial charge < -0.3 is 10.0 Å². The standard InChI is InChI=1S/C9H14F5NO2/c1-15(5-3-2-4-6-16)7(17)8(10,11)9(12,13)14/h16H,2-6H2,1H3. The number of unbranched alkanes of at least 4 members (excludes halogenated alkanes) is 2. The number of alkyl halides is 5. The summed E-state index contributed by atoms with van der Waals surface area (Å²) in [5.41, 5.74) is 0. The smallest absolute Gasteiger partial charge is 0.396 e. The summed E-state index contributed by atoms with van der Waals surface area (Å²) in [7, 11) is 0.890. The fraction of sp³-hybridized carbons (Fsp3) is 0.889. The molecule has 8 heteroatoms. The second kappa shape index (κ2) is 6.13. The third kappa shape index (κ3) is 4.45. The average Bonchev–Trinajstić information content (AvgIpc) is 2.21. The van der Waals surface area contributed by atoms with Gasteiger partial charge in [-0.05, 0) is 19.3 Å². The van der Waals surface area contributed by atoms with Crippen LogP contribution in [-0.4, -0.2) is 48.2 Å². The Hall–Kier alpha value is -0.920. The van der Waals surface area contributed by atoms with E-state index in [2.05, 4.69) is 0 Å². The highest BCUT2D eigenvalue weighted by atomic mass is 19.4. The van der Waals surface area contributed by atoms with E-state index in [4.69, 9.17) is 5.11 Å². The minimum Gasteiger partial charge on any atom is -0.396 e. The van der Waals surface area contributed by atoms with E-state index in [0.29, 0.717) is 17.7 Å². The van der Waals surface area contributed by atoms with Gasteiger partial charge in [-0.3, -0.25) is 4.79 Å². The van der Waals surface area contributed by atoms with Gasteiger partial charge in [-0.25, -0.2) is 0 Å². The van der Waals surface area contributed by atoms with Crippen molar-refractivity contribution >= 4 is 5.91 Å². The molecule has 0 aromatic heterocycles. The molecule has 0 aromatic carbocycles. The molecule has 0 saturated heterocycles. The number of carbonyl (C=O) groups is 1. The van der Waals surface area contributed by atoms with Crippen molar-refractivity contribution in [3.8, 4) is 0 Å². The van der Waals surface area contributed by atoms with E-state index in [-0.39, 0.29) is 19.6 Å². The van der Waals surface area contributed by atoms with Crippen LogP contribution < -0.4 is 0 Å². The van der Waals surface area contributed by atoms with E-state index in [1.807, 2.05) is 0 Å². The van der Waals surface area contributed by atoms with Crippen molar-refractivity contribution in [2.75, 3.05) is 20.2 Å². The van der Waals surface area contributed by atoms with Crippen molar-refractivity contribution in [2.45, 2.75) is 31.4 Å². The summed E-state index contributed by atoms with van der Waals surface area (Å²) in [6, 6.07) is 0. The average molecular weight is 263 g/mol. The number of hydrogen-bond donors (Lipinski definition) is 1. The number of amides is 1. The Bertz CT molecular complexity index is 254. The summed E-state index contributed by atoms with van der Waals surface area (Å²) in [6.07, 6.45) is -4.75. The van der Waals surface area contributed by atoms with Gasteiger partial charge in [0.1, 0.15) is 0 Å².